The number of rotatable bonds is 5. The van der Waals surface area contributed by atoms with Crippen LogP contribution in [-0.4, -0.2) is 26.3 Å². The maximum atomic E-state index is 12.4. The van der Waals surface area contributed by atoms with Crippen molar-refractivity contribution in [2.24, 2.45) is 0 Å². The minimum atomic E-state index is 0.000493. The minimum absolute atomic E-state index is 0.000493. The zero-order valence-electron chi connectivity index (χ0n) is 17.8. The Balaban J connectivity index is 1.41. The lowest BCUT2D eigenvalue weighted by Crippen LogP contribution is -2.14. The number of carbonyl (C=O) groups is 1. The lowest BCUT2D eigenvalue weighted by molar-refractivity contribution is -0.115. The maximum Gasteiger partial charge on any atom is 0.225 e. The average Bonchev–Trinajstić information content (AvgIpc) is 3.11. The summed E-state index contributed by atoms with van der Waals surface area (Å²) in [6, 6.07) is 18.4. The maximum absolute atomic E-state index is 12.4. The highest BCUT2D eigenvalue weighted by Crippen LogP contribution is 2.26. The zero-order chi connectivity index (χ0) is 21.3. The van der Waals surface area contributed by atoms with Gasteiger partial charge in [0.25, 0.3) is 0 Å². The molecule has 2 aromatic heterocycles. The minimum Gasteiger partial charge on any atom is -0.326 e. The van der Waals surface area contributed by atoms with E-state index in [2.05, 4.69) is 71.9 Å². The summed E-state index contributed by atoms with van der Waals surface area (Å²) in [5, 5.41) is 13.6. The number of nitrogens with zero attached hydrogens (tertiary/aromatic N) is 3. The highest BCUT2D eigenvalue weighted by atomic mass is 32.2. The van der Waals surface area contributed by atoms with Crippen LogP contribution in [-0.2, 0) is 10.2 Å². The molecule has 0 atom stereocenters. The van der Waals surface area contributed by atoms with Gasteiger partial charge >= 0.3 is 0 Å². The van der Waals surface area contributed by atoms with E-state index in [1.165, 1.54) is 16.5 Å². The average molecular weight is 419 g/mol. The molecule has 1 N–H and O–H groups in total. The molecule has 0 aliphatic carbocycles. The van der Waals surface area contributed by atoms with Crippen LogP contribution in [0, 0.1) is 6.92 Å². The largest absolute Gasteiger partial charge is 0.326 e. The van der Waals surface area contributed by atoms with Crippen molar-refractivity contribution in [3.8, 4) is 0 Å². The summed E-state index contributed by atoms with van der Waals surface area (Å²) in [6.07, 6.45) is 0.407. The predicted molar refractivity (Wildman–Crippen MR) is 124 cm³/mol. The molecule has 2 aromatic carbocycles. The van der Waals surface area contributed by atoms with Crippen LogP contribution in [0.3, 0.4) is 0 Å². The van der Waals surface area contributed by atoms with Crippen molar-refractivity contribution in [2.45, 2.75) is 44.7 Å². The second kappa shape index (κ2) is 8.11. The van der Waals surface area contributed by atoms with E-state index in [-0.39, 0.29) is 11.3 Å². The first kappa shape index (κ1) is 20.4. The molecule has 0 unspecified atom stereocenters. The predicted octanol–water partition coefficient (Wildman–Crippen LogP) is 5.61. The van der Waals surface area contributed by atoms with E-state index in [4.69, 9.17) is 0 Å². The number of anilines is 1. The molecule has 0 spiro atoms. The van der Waals surface area contributed by atoms with Crippen molar-refractivity contribution in [2.75, 3.05) is 11.1 Å². The number of pyridine rings is 1. The first-order valence-electron chi connectivity index (χ1n) is 10.1. The Labute approximate surface area is 180 Å². The Morgan fingerprint density at radius 1 is 1.07 bits per heavy atom. The highest BCUT2D eigenvalue weighted by molar-refractivity contribution is 7.99. The van der Waals surface area contributed by atoms with Crippen LogP contribution in [0.15, 0.2) is 59.8 Å². The Hall–Kier alpha value is -2.86. The van der Waals surface area contributed by atoms with Crippen molar-refractivity contribution in [3.63, 3.8) is 0 Å². The molecular formula is C24H26N4OS. The molecule has 0 saturated heterocycles. The number of aryl methyl sites for hydroxylation is 1. The molecule has 0 aliphatic rings. The first-order chi connectivity index (χ1) is 14.3. The molecular weight excluding hydrogens is 392 g/mol. The van der Waals surface area contributed by atoms with Crippen LogP contribution in [0.4, 0.5) is 5.69 Å². The van der Waals surface area contributed by atoms with Crippen LogP contribution < -0.4 is 5.32 Å². The van der Waals surface area contributed by atoms with Gasteiger partial charge in [0.2, 0.25) is 5.91 Å². The van der Waals surface area contributed by atoms with E-state index in [1.54, 1.807) is 11.8 Å². The Morgan fingerprint density at radius 2 is 1.80 bits per heavy atom. The van der Waals surface area contributed by atoms with Gasteiger partial charge in [-0.1, -0.05) is 62.9 Å². The van der Waals surface area contributed by atoms with E-state index < -0.39 is 0 Å². The van der Waals surface area contributed by atoms with Crippen molar-refractivity contribution >= 4 is 39.9 Å². The van der Waals surface area contributed by atoms with Crippen LogP contribution in [0.1, 0.15) is 38.3 Å². The Bertz CT molecular complexity index is 1210. The van der Waals surface area contributed by atoms with Crippen molar-refractivity contribution in [1.82, 2.24) is 14.6 Å². The molecule has 0 aliphatic heterocycles. The van der Waals surface area contributed by atoms with Gasteiger partial charge in [-0.3, -0.25) is 9.20 Å². The van der Waals surface area contributed by atoms with Gasteiger partial charge in [0.1, 0.15) is 0 Å². The topological polar surface area (TPSA) is 59.3 Å². The number of carbonyl (C=O) groups excluding carboxylic acids is 1. The van der Waals surface area contributed by atoms with Crippen molar-refractivity contribution in [1.29, 1.82) is 0 Å². The van der Waals surface area contributed by atoms with Gasteiger partial charge in [-0.2, -0.15) is 0 Å². The van der Waals surface area contributed by atoms with Gasteiger partial charge in [0, 0.05) is 23.2 Å². The van der Waals surface area contributed by atoms with Crippen molar-refractivity contribution in [3.05, 3.63) is 65.7 Å². The van der Waals surface area contributed by atoms with Gasteiger partial charge in [-0.15, -0.1) is 10.2 Å². The number of amides is 1. The number of para-hydroxylation sites is 1. The fourth-order valence-corrected chi connectivity index (χ4v) is 4.37. The van der Waals surface area contributed by atoms with Crippen LogP contribution >= 0.6 is 11.8 Å². The summed E-state index contributed by atoms with van der Waals surface area (Å²) >= 11 is 1.55. The summed E-state index contributed by atoms with van der Waals surface area (Å²) in [7, 11) is 0. The Kier molecular flexibility index (Phi) is 5.52. The third-order valence-electron chi connectivity index (χ3n) is 5.17. The number of benzene rings is 2. The van der Waals surface area contributed by atoms with Gasteiger partial charge in [0.05, 0.1) is 5.52 Å². The highest BCUT2D eigenvalue weighted by Gasteiger charge is 2.14. The molecule has 0 radical (unpaired) electrons. The molecule has 0 bridgehead atoms. The van der Waals surface area contributed by atoms with Gasteiger partial charge in [-0.25, -0.2) is 0 Å². The quantitative estimate of drug-likeness (QED) is 0.428. The van der Waals surface area contributed by atoms with Crippen LogP contribution in [0.2, 0.25) is 0 Å². The molecule has 0 saturated carbocycles. The summed E-state index contributed by atoms with van der Waals surface area (Å²) in [5.74, 6) is 0.634. The van der Waals surface area contributed by atoms with E-state index in [1.807, 2.05) is 30.3 Å². The van der Waals surface area contributed by atoms with E-state index in [9.17, 15) is 4.79 Å². The summed E-state index contributed by atoms with van der Waals surface area (Å²) < 4.78 is 2.07. The molecule has 5 nitrogen and oxygen atoms in total. The summed E-state index contributed by atoms with van der Waals surface area (Å²) in [6.45, 7) is 8.62. The molecule has 154 valence electrons. The molecule has 4 rings (SSSR count). The monoisotopic (exact) mass is 418 g/mol. The third-order valence-corrected chi connectivity index (χ3v) is 6.10. The fraction of sp³-hybridized carbons (Fsp3) is 0.292. The van der Waals surface area contributed by atoms with Gasteiger partial charge in [-0.05, 0) is 47.7 Å². The van der Waals surface area contributed by atoms with Crippen LogP contribution in [0.5, 0.6) is 0 Å². The number of hydrogen-bond donors (Lipinski definition) is 1. The number of hydrogen-bond acceptors (Lipinski definition) is 4. The zero-order valence-corrected chi connectivity index (χ0v) is 18.6. The lowest BCUT2D eigenvalue weighted by Gasteiger charge is -2.19. The number of nitrogens with one attached hydrogen (secondary N) is 1. The summed E-state index contributed by atoms with van der Waals surface area (Å²) in [4.78, 5) is 12.4. The SMILES string of the molecule is Cc1cc2nnc(SCCC(=O)Nc3ccc(C(C)(C)C)cc3)n2c2ccccc12. The number of aromatic nitrogens is 3. The third kappa shape index (κ3) is 4.19. The van der Waals surface area contributed by atoms with Gasteiger partial charge in [0.15, 0.2) is 10.8 Å². The molecule has 30 heavy (non-hydrogen) atoms. The van der Waals surface area contributed by atoms with E-state index in [0.717, 1.165) is 22.0 Å². The van der Waals surface area contributed by atoms with Crippen molar-refractivity contribution < 1.29 is 4.79 Å². The second-order valence-electron chi connectivity index (χ2n) is 8.49. The number of fused-ring (bicyclic) bond motifs is 3. The number of thioether (sulfide) groups is 1. The lowest BCUT2D eigenvalue weighted by atomic mass is 9.87. The smallest absolute Gasteiger partial charge is 0.225 e. The van der Waals surface area contributed by atoms with Gasteiger partial charge < -0.3 is 5.32 Å². The van der Waals surface area contributed by atoms with E-state index in [0.29, 0.717) is 12.2 Å². The molecule has 1 amide bonds. The molecule has 4 aromatic rings. The molecule has 2 heterocycles. The summed E-state index contributed by atoms with van der Waals surface area (Å²) in [5.41, 5.74) is 5.27. The second-order valence-corrected chi connectivity index (χ2v) is 9.56. The standard InChI is InChI=1S/C24H26N4OS/c1-16-15-21-26-27-23(28(21)20-8-6-5-7-19(16)20)30-14-13-22(29)25-18-11-9-17(10-12-18)24(2,3)4/h5-12,15H,13-14H2,1-4H3,(H,25,29). The molecule has 6 heteroatoms. The fourth-order valence-electron chi connectivity index (χ4n) is 3.48. The van der Waals surface area contributed by atoms with Crippen LogP contribution in [0.25, 0.3) is 16.6 Å². The normalized spacial score (nSPS) is 11.9. The Morgan fingerprint density at radius 3 is 2.53 bits per heavy atom. The van der Waals surface area contributed by atoms with E-state index >= 15 is 0 Å². The molecule has 0 fully saturated rings. The first-order valence-corrected chi connectivity index (χ1v) is 11.1.